The number of hydrogen-bond acceptors (Lipinski definition) is 4. The number of halogens is 2. The fraction of sp³-hybridized carbons (Fsp3) is 0.176. The number of amides is 2. The first-order valence-electron chi connectivity index (χ1n) is 7.44. The highest BCUT2D eigenvalue weighted by Gasteiger charge is 2.27. The Balaban J connectivity index is 1.50. The molecule has 130 valence electrons. The molecule has 1 heterocycles. The number of carbonyl (C=O) groups excluding carboxylic acids is 2. The maximum atomic E-state index is 13.1. The largest absolute Gasteiger partial charge is 0.485 e. The highest BCUT2D eigenvalue weighted by Crippen LogP contribution is 2.30. The van der Waals surface area contributed by atoms with Crippen LogP contribution in [0.2, 0.25) is 0 Å². The third-order valence-corrected chi connectivity index (χ3v) is 3.43. The van der Waals surface area contributed by atoms with Crippen LogP contribution in [0.5, 0.6) is 11.5 Å². The Hall–Kier alpha value is -3.16. The molecule has 0 radical (unpaired) electrons. The van der Waals surface area contributed by atoms with Crippen LogP contribution >= 0.6 is 0 Å². The van der Waals surface area contributed by atoms with Crippen molar-refractivity contribution in [3.05, 3.63) is 54.1 Å². The number of fused-ring (bicyclic) bond motifs is 1. The molecule has 2 aromatic rings. The van der Waals surface area contributed by atoms with Crippen LogP contribution in [0.15, 0.2) is 42.5 Å². The minimum Gasteiger partial charge on any atom is -0.485 e. The molecule has 0 aromatic heterocycles. The van der Waals surface area contributed by atoms with Gasteiger partial charge in [0.2, 0.25) is 12.0 Å². The molecule has 8 heteroatoms. The van der Waals surface area contributed by atoms with Gasteiger partial charge >= 0.3 is 0 Å². The summed E-state index contributed by atoms with van der Waals surface area (Å²) in [6.07, 6.45) is -0.883. The zero-order valence-corrected chi connectivity index (χ0v) is 12.9. The molecule has 0 unspecified atom stereocenters. The molecular weight excluding hydrogens is 334 g/mol. The van der Waals surface area contributed by atoms with Crippen molar-refractivity contribution >= 4 is 17.5 Å². The third-order valence-electron chi connectivity index (χ3n) is 3.43. The summed E-state index contributed by atoms with van der Waals surface area (Å²) in [6.45, 7) is -0.326. The lowest BCUT2D eigenvalue weighted by atomic mass is 10.2. The molecule has 0 bridgehead atoms. The van der Waals surface area contributed by atoms with Gasteiger partial charge in [0.1, 0.15) is 6.61 Å². The van der Waals surface area contributed by atoms with Gasteiger partial charge in [-0.05, 0) is 24.3 Å². The second-order valence-corrected chi connectivity index (χ2v) is 5.26. The van der Waals surface area contributed by atoms with Gasteiger partial charge in [-0.2, -0.15) is 0 Å². The van der Waals surface area contributed by atoms with Crippen molar-refractivity contribution in [2.45, 2.75) is 6.10 Å². The van der Waals surface area contributed by atoms with E-state index in [4.69, 9.17) is 9.47 Å². The monoisotopic (exact) mass is 348 g/mol. The van der Waals surface area contributed by atoms with E-state index in [2.05, 4.69) is 10.6 Å². The van der Waals surface area contributed by atoms with E-state index in [0.29, 0.717) is 11.5 Å². The van der Waals surface area contributed by atoms with Crippen LogP contribution in [-0.4, -0.2) is 31.1 Å². The maximum Gasteiger partial charge on any atom is 0.265 e. The summed E-state index contributed by atoms with van der Waals surface area (Å²) in [6, 6.07) is 9.89. The summed E-state index contributed by atoms with van der Waals surface area (Å²) in [5, 5.41) is 4.76. The molecule has 0 fully saturated rings. The SMILES string of the molecule is O=C(CNC(=O)[C@@H]1COc2ccccc2O1)Nc1ccc(F)c(F)c1. The van der Waals surface area contributed by atoms with Crippen molar-refractivity contribution in [2.75, 3.05) is 18.5 Å². The van der Waals surface area contributed by atoms with Crippen molar-refractivity contribution in [2.24, 2.45) is 0 Å². The number of para-hydroxylation sites is 2. The molecule has 0 saturated carbocycles. The van der Waals surface area contributed by atoms with Crippen LogP contribution in [0, 0.1) is 11.6 Å². The quantitative estimate of drug-likeness (QED) is 0.884. The summed E-state index contributed by atoms with van der Waals surface area (Å²) < 4.78 is 36.8. The highest BCUT2D eigenvalue weighted by molar-refractivity contribution is 5.95. The normalized spacial score (nSPS) is 15.4. The van der Waals surface area contributed by atoms with Crippen LogP contribution in [0.3, 0.4) is 0 Å². The maximum absolute atomic E-state index is 13.1. The van der Waals surface area contributed by atoms with Crippen LogP contribution in [0.1, 0.15) is 0 Å². The third kappa shape index (κ3) is 4.03. The predicted molar refractivity (Wildman–Crippen MR) is 84.4 cm³/mol. The lowest BCUT2D eigenvalue weighted by molar-refractivity contribution is -0.131. The number of hydrogen-bond donors (Lipinski definition) is 2. The molecule has 2 aromatic carbocycles. The molecule has 6 nitrogen and oxygen atoms in total. The number of anilines is 1. The Morgan fingerprint density at radius 3 is 2.60 bits per heavy atom. The van der Waals surface area contributed by atoms with E-state index < -0.39 is 29.6 Å². The highest BCUT2D eigenvalue weighted by atomic mass is 19.2. The summed E-state index contributed by atoms with van der Waals surface area (Å²) in [4.78, 5) is 23.8. The topological polar surface area (TPSA) is 76.7 Å². The Morgan fingerprint density at radius 1 is 1.08 bits per heavy atom. The Morgan fingerprint density at radius 2 is 1.84 bits per heavy atom. The minimum atomic E-state index is -1.08. The van der Waals surface area contributed by atoms with E-state index in [1.165, 1.54) is 6.07 Å². The van der Waals surface area contributed by atoms with Gasteiger partial charge in [-0.1, -0.05) is 12.1 Å². The number of rotatable bonds is 4. The molecule has 1 aliphatic rings. The van der Waals surface area contributed by atoms with Gasteiger partial charge < -0.3 is 20.1 Å². The van der Waals surface area contributed by atoms with Crippen LogP contribution in [-0.2, 0) is 9.59 Å². The fourth-order valence-corrected chi connectivity index (χ4v) is 2.21. The smallest absolute Gasteiger partial charge is 0.265 e. The Bertz CT molecular complexity index is 813. The van der Waals surface area contributed by atoms with Crippen molar-refractivity contribution in [1.82, 2.24) is 5.32 Å². The molecule has 2 N–H and O–H groups in total. The lowest BCUT2D eigenvalue weighted by Crippen LogP contribution is -2.46. The number of nitrogens with one attached hydrogen (secondary N) is 2. The fourth-order valence-electron chi connectivity index (χ4n) is 2.21. The molecule has 1 aliphatic heterocycles. The van der Waals surface area contributed by atoms with E-state index in [-0.39, 0.29) is 18.8 Å². The van der Waals surface area contributed by atoms with Crippen molar-refractivity contribution < 1.29 is 27.8 Å². The summed E-state index contributed by atoms with van der Waals surface area (Å²) in [5.74, 6) is -2.21. The number of benzene rings is 2. The average Bonchev–Trinajstić information content (AvgIpc) is 2.62. The van der Waals surface area contributed by atoms with Gasteiger partial charge in [0.15, 0.2) is 23.1 Å². The van der Waals surface area contributed by atoms with Crippen molar-refractivity contribution in [1.29, 1.82) is 0 Å². The van der Waals surface area contributed by atoms with Gasteiger partial charge in [-0.25, -0.2) is 8.78 Å². The summed E-state index contributed by atoms with van der Waals surface area (Å²) in [5.41, 5.74) is 0.0873. The molecule has 3 rings (SSSR count). The summed E-state index contributed by atoms with van der Waals surface area (Å²) >= 11 is 0. The molecule has 0 aliphatic carbocycles. The van der Waals surface area contributed by atoms with E-state index in [0.717, 1.165) is 12.1 Å². The minimum absolute atomic E-state index is 0.0215. The second kappa shape index (κ2) is 7.16. The van der Waals surface area contributed by atoms with Crippen LogP contribution in [0.25, 0.3) is 0 Å². The van der Waals surface area contributed by atoms with E-state index in [9.17, 15) is 18.4 Å². The van der Waals surface area contributed by atoms with Crippen LogP contribution < -0.4 is 20.1 Å². The van der Waals surface area contributed by atoms with Gasteiger partial charge in [0, 0.05) is 11.8 Å². The van der Waals surface area contributed by atoms with Gasteiger partial charge in [0.25, 0.3) is 5.91 Å². The zero-order valence-electron chi connectivity index (χ0n) is 12.9. The van der Waals surface area contributed by atoms with E-state index in [1.807, 2.05) is 0 Å². The summed E-state index contributed by atoms with van der Waals surface area (Å²) in [7, 11) is 0. The number of ether oxygens (including phenoxy) is 2. The van der Waals surface area contributed by atoms with Crippen LogP contribution in [0.4, 0.5) is 14.5 Å². The molecule has 2 amide bonds. The van der Waals surface area contributed by atoms with Crippen molar-refractivity contribution in [3.63, 3.8) is 0 Å². The Labute approximate surface area is 141 Å². The lowest BCUT2D eigenvalue weighted by Gasteiger charge is -2.25. The first-order chi connectivity index (χ1) is 12.0. The van der Waals surface area contributed by atoms with Gasteiger partial charge in [-0.15, -0.1) is 0 Å². The van der Waals surface area contributed by atoms with Gasteiger partial charge in [0.05, 0.1) is 6.54 Å². The first kappa shape index (κ1) is 16.7. The molecule has 25 heavy (non-hydrogen) atoms. The Kier molecular flexibility index (Phi) is 4.78. The second-order valence-electron chi connectivity index (χ2n) is 5.26. The van der Waals surface area contributed by atoms with E-state index in [1.54, 1.807) is 24.3 Å². The average molecular weight is 348 g/mol. The standard InChI is InChI=1S/C17H14F2N2O4/c18-11-6-5-10(7-12(11)19)21-16(22)8-20-17(23)15-9-24-13-3-1-2-4-14(13)25-15/h1-7,15H,8-9H2,(H,20,23)(H,21,22)/t15-/m0/s1. The molecule has 0 saturated heterocycles. The predicted octanol–water partition coefficient (Wildman–Crippen LogP) is 1.86. The number of carbonyl (C=O) groups is 2. The van der Waals surface area contributed by atoms with E-state index >= 15 is 0 Å². The van der Waals surface area contributed by atoms with Gasteiger partial charge in [-0.3, -0.25) is 9.59 Å². The first-order valence-corrected chi connectivity index (χ1v) is 7.44. The molecule has 0 spiro atoms. The van der Waals surface area contributed by atoms with Crippen molar-refractivity contribution in [3.8, 4) is 11.5 Å². The molecular formula is C17H14F2N2O4. The molecule has 1 atom stereocenters. The zero-order chi connectivity index (χ0) is 17.8.